The fourth-order valence-corrected chi connectivity index (χ4v) is 11.6. The van der Waals surface area contributed by atoms with E-state index in [0.29, 0.717) is 19.4 Å². The van der Waals surface area contributed by atoms with Crippen LogP contribution >= 0.6 is 0 Å². The molecule has 0 aromatic heterocycles. The summed E-state index contributed by atoms with van der Waals surface area (Å²) < 4.78 is 5.50. The van der Waals surface area contributed by atoms with Crippen LogP contribution in [0.4, 0.5) is 0 Å². The van der Waals surface area contributed by atoms with Crippen LogP contribution in [0.15, 0.2) is 24.3 Å². The second kappa shape index (κ2) is 69.8. The Kier molecular flexibility index (Phi) is 68.4. The number of amides is 1. The molecule has 0 aliphatic rings. The van der Waals surface area contributed by atoms with Gasteiger partial charge in [-0.05, 0) is 57.8 Å². The molecule has 0 saturated heterocycles. The van der Waals surface area contributed by atoms with Crippen LogP contribution in [0.5, 0.6) is 0 Å². The third kappa shape index (κ3) is 65.5. The quantitative estimate of drug-likeness (QED) is 0.0320. The van der Waals surface area contributed by atoms with Crippen LogP contribution in [0, 0.1) is 0 Å². The van der Waals surface area contributed by atoms with E-state index in [1.54, 1.807) is 6.08 Å². The van der Waals surface area contributed by atoms with Crippen LogP contribution in [-0.4, -0.2) is 47.4 Å². The van der Waals surface area contributed by atoms with E-state index in [2.05, 4.69) is 31.3 Å². The molecule has 1 amide bonds. The van der Waals surface area contributed by atoms with Gasteiger partial charge in [0.2, 0.25) is 5.91 Å². The van der Waals surface area contributed by atoms with E-state index in [4.69, 9.17) is 4.74 Å². The topological polar surface area (TPSA) is 95.9 Å². The van der Waals surface area contributed by atoms with Crippen LogP contribution < -0.4 is 5.32 Å². The normalized spacial score (nSPS) is 12.6. The monoisotopic (exact) mass is 1130 g/mol. The highest BCUT2D eigenvalue weighted by Crippen LogP contribution is 2.19. The third-order valence-electron chi connectivity index (χ3n) is 17.2. The number of unbranched alkanes of at least 4 members (excludes halogenated alkanes) is 56. The lowest BCUT2D eigenvalue weighted by molar-refractivity contribution is -0.143. The summed E-state index contributed by atoms with van der Waals surface area (Å²) in [6.45, 7) is 4.93. The number of allylic oxidation sites excluding steroid dienone is 3. The number of hydrogen-bond donors (Lipinski definition) is 3. The fourth-order valence-electron chi connectivity index (χ4n) is 11.6. The van der Waals surface area contributed by atoms with Crippen molar-refractivity contribution in [2.75, 3.05) is 13.2 Å². The molecule has 0 heterocycles. The molecule has 2 atom stereocenters. The van der Waals surface area contributed by atoms with Gasteiger partial charge in [0.1, 0.15) is 0 Å². The van der Waals surface area contributed by atoms with Crippen molar-refractivity contribution in [2.24, 2.45) is 0 Å². The number of aliphatic hydroxyl groups is 2. The van der Waals surface area contributed by atoms with Crippen molar-refractivity contribution >= 4 is 11.9 Å². The average Bonchev–Trinajstić information content (AvgIpc) is 3.46. The number of ether oxygens (including phenoxy) is 1. The number of hydrogen-bond acceptors (Lipinski definition) is 5. The van der Waals surface area contributed by atoms with Gasteiger partial charge >= 0.3 is 5.97 Å². The van der Waals surface area contributed by atoms with E-state index in [0.717, 1.165) is 38.5 Å². The van der Waals surface area contributed by atoms with Crippen molar-refractivity contribution in [3.05, 3.63) is 24.3 Å². The average molecular weight is 1130 g/mol. The minimum absolute atomic E-state index is 0.0241. The van der Waals surface area contributed by atoms with Gasteiger partial charge in [0.15, 0.2) is 0 Å². The smallest absolute Gasteiger partial charge is 0.305 e. The molecule has 474 valence electrons. The van der Waals surface area contributed by atoms with Gasteiger partial charge in [-0.1, -0.05) is 366 Å². The zero-order valence-corrected chi connectivity index (χ0v) is 54.3. The van der Waals surface area contributed by atoms with Crippen LogP contribution in [-0.2, 0) is 14.3 Å². The van der Waals surface area contributed by atoms with E-state index in [-0.39, 0.29) is 18.5 Å². The van der Waals surface area contributed by atoms with Crippen molar-refractivity contribution in [1.29, 1.82) is 0 Å². The number of esters is 1. The molecular weight excluding hydrogens is 983 g/mol. The number of nitrogens with one attached hydrogen (secondary N) is 1. The highest BCUT2D eigenvalue weighted by Gasteiger charge is 2.18. The van der Waals surface area contributed by atoms with Gasteiger partial charge in [-0.25, -0.2) is 0 Å². The molecule has 3 N–H and O–H groups in total. The Hall–Kier alpha value is -1.66. The highest BCUT2D eigenvalue weighted by molar-refractivity contribution is 5.76. The summed E-state index contributed by atoms with van der Waals surface area (Å²) in [6, 6.07) is -0.623. The van der Waals surface area contributed by atoms with Crippen molar-refractivity contribution in [2.45, 2.75) is 424 Å². The number of aliphatic hydroxyl groups excluding tert-OH is 2. The van der Waals surface area contributed by atoms with Crippen LogP contribution in [0.3, 0.4) is 0 Å². The van der Waals surface area contributed by atoms with Gasteiger partial charge in [0, 0.05) is 12.8 Å². The molecule has 0 saturated carbocycles. The summed E-state index contributed by atoms with van der Waals surface area (Å²) in [5, 5.41) is 23.1. The first-order valence-electron chi connectivity index (χ1n) is 36.6. The summed E-state index contributed by atoms with van der Waals surface area (Å²) in [6.07, 6.45) is 88.6. The lowest BCUT2D eigenvalue weighted by atomic mass is 10.0. The Morgan fingerprint density at radius 2 is 0.588 bits per heavy atom. The minimum atomic E-state index is -0.840. The summed E-state index contributed by atoms with van der Waals surface area (Å²) in [7, 11) is 0. The SMILES string of the molecule is CCCCCCCCCCCC/C=C/C(O)C(CO)NC(=O)CCCCCCCCCCCCCCCCCCC/C=C\CCCCCCCCCCCCCCCCCCOC(=O)CCCCCCCCCCCCCCCC. The zero-order chi connectivity index (χ0) is 57.8. The molecule has 6 heteroatoms. The highest BCUT2D eigenvalue weighted by atomic mass is 16.5. The third-order valence-corrected chi connectivity index (χ3v) is 17.2. The first kappa shape index (κ1) is 78.3. The van der Waals surface area contributed by atoms with Gasteiger partial charge < -0.3 is 20.3 Å². The molecule has 0 fully saturated rings. The molecule has 0 aromatic carbocycles. The molecule has 6 nitrogen and oxygen atoms in total. The van der Waals surface area contributed by atoms with Crippen molar-refractivity contribution in [3.63, 3.8) is 0 Å². The van der Waals surface area contributed by atoms with E-state index in [1.807, 2.05) is 6.08 Å². The first-order valence-corrected chi connectivity index (χ1v) is 36.6. The van der Waals surface area contributed by atoms with Gasteiger partial charge in [-0.15, -0.1) is 0 Å². The summed E-state index contributed by atoms with van der Waals surface area (Å²) in [5.74, 6) is -0.0387. The molecule has 0 aliphatic heterocycles. The fraction of sp³-hybridized carbons (Fsp3) is 0.919. The molecule has 0 spiro atoms. The summed E-state index contributed by atoms with van der Waals surface area (Å²) in [4.78, 5) is 24.5. The van der Waals surface area contributed by atoms with Gasteiger partial charge in [-0.2, -0.15) is 0 Å². The lowest BCUT2D eigenvalue weighted by Gasteiger charge is -2.20. The maximum atomic E-state index is 12.5. The Balaban J connectivity index is 3.32. The minimum Gasteiger partial charge on any atom is -0.466 e. The summed E-state index contributed by atoms with van der Waals surface area (Å²) >= 11 is 0. The van der Waals surface area contributed by atoms with Crippen LogP contribution in [0.25, 0.3) is 0 Å². The predicted molar refractivity (Wildman–Crippen MR) is 352 cm³/mol. The zero-order valence-electron chi connectivity index (χ0n) is 54.3. The molecule has 0 aliphatic carbocycles. The molecule has 80 heavy (non-hydrogen) atoms. The second-order valence-electron chi connectivity index (χ2n) is 25.3. The van der Waals surface area contributed by atoms with Crippen molar-refractivity contribution in [1.82, 2.24) is 5.32 Å². The largest absolute Gasteiger partial charge is 0.466 e. The number of carbonyl (C=O) groups excluding carboxylic acids is 2. The lowest BCUT2D eigenvalue weighted by Crippen LogP contribution is -2.45. The standard InChI is InChI=1S/C74H143NO5/c1-3-5-7-9-11-13-15-17-44-48-52-56-60-64-68-74(79)80-69-65-61-57-53-49-45-42-40-38-36-34-32-30-28-26-24-22-20-18-19-21-23-25-27-29-31-33-35-37-39-41-43-47-51-55-59-63-67-73(78)75-71(70-76)72(77)66-62-58-54-50-46-16-14-12-10-8-6-4-2/h18,20,62,66,71-72,76-77H,3-17,19,21-61,63-65,67-70H2,1-2H3,(H,75,78)/b20-18-,66-62+. The van der Waals surface area contributed by atoms with Gasteiger partial charge in [0.25, 0.3) is 0 Å². The maximum Gasteiger partial charge on any atom is 0.305 e. The molecular formula is C74H143NO5. The second-order valence-corrected chi connectivity index (χ2v) is 25.3. The summed E-state index contributed by atoms with van der Waals surface area (Å²) in [5.41, 5.74) is 0. The van der Waals surface area contributed by atoms with Crippen molar-refractivity contribution in [3.8, 4) is 0 Å². The molecule has 0 rings (SSSR count). The predicted octanol–water partition coefficient (Wildman–Crippen LogP) is 23.7. The van der Waals surface area contributed by atoms with E-state index >= 15 is 0 Å². The Labute approximate surface area is 501 Å². The van der Waals surface area contributed by atoms with Crippen molar-refractivity contribution < 1.29 is 24.5 Å². The van der Waals surface area contributed by atoms with Crippen LogP contribution in [0.2, 0.25) is 0 Å². The maximum absolute atomic E-state index is 12.5. The van der Waals surface area contributed by atoms with E-state index < -0.39 is 12.1 Å². The van der Waals surface area contributed by atoms with Gasteiger partial charge in [-0.3, -0.25) is 9.59 Å². The van der Waals surface area contributed by atoms with Crippen LogP contribution in [0.1, 0.15) is 412 Å². The molecule has 0 bridgehead atoms. The molecule has 0 radical (unpaired) electrons. The Morgan fingerprint density at radius 1 is 0.338 bits per heavy atom. The molecule has 0 aromatic rings. The number of rotatable bonds is 69. The van der Waals surface area contributed by atoms with E-state index in [9.17, 15) is 19.8 Å². The first-order chi connectivity index (χ1) is 39.5. The Bertz CT molecular complexity index is 1250. The van der Waals surface area contributed by atoms with E-state index in [1.165, 1.54) is 347 Å². The molecule has 2 unspecified atom stereocenters. The Morgan fingerprint density at radius 3 is 0.887 bits per heavy atom. The number of carbonyl (C=O) groups is 2. The van der Waals surface area contributed by atoms with Gasteiger partial charge in [0.05, 0.1) is 25.4 Å².